The Bertz CT molecular complexity index is 937. The molecule has 23 heavy (non-hydrogen) atoms. The van der Waals surface area contributed by atoms with Gasteiger partial charge in [0.25, 0.3) is 11.8 Å². The van der Waals surface area contributed by atoms with Crippen molar-refractivity contribution >= 4 is 22.6 Å². The van der Waals surface area contributed by atoms with E-state index in [4.69, 9.17) is 0 Å². The predicted octanol–water partition coefficient (Wildman–Crippen LogP) is 3.42. The fourth-order valence-corrected chi connectivity index (χ4v) is 3.39. The highest BCUT2D eigenvalue weighted by Gasteiger charge is 2.33. The van der Waals surface area contributed by atoms with Gasteiger partial charge >= 0.3 is 0 Å². The van der Waals surface area contributed by atoms with Gasteiger partial charge in [-0.25, -0.2) is 0 Å². The molecule has 4 heteroatoms. The second-order valence-electron chi connectivity index (χ2n) is 6.05. The number of hydrogen-bond donors (Lipinski definition) is 2. The molecule has 2 N–H and O–H groups in total. The van der Waals surface area contributed by atoms with Crippen LogP contribution >= 0.6 is 0 Å². The molecule has 4 nitrogen and oxygen atoms in total. The van der Waals surface area contributed by atoms with Gasteiger partial charge in [0, 0.05) is 5.92 Å². The van der Waals surface area contributed by atoms with Gasteiger partial charge in [0.1, 0.15) is 5.75 Å². The van der Waals surface area contributed by atoms with Crippen molar-refractivity contribution in [3.63, 3.8) is 0 Å². The third kappa shape index (κ3) is 2.06. The number of aromatic hydroxyl groups is 1. The summed E-state index contributed by atoms with van der Waals surface area (Å²) in [6.07, 6.45) is 6.97. The summed E-state index contributed by atoms with van der Waals surface area (Å²) in [4.78, 5) is 24.4. The normalized spacial score (nSPS) is 19.7. The van der Waals surface area contributed by atoms with Gasteiger partial charge in [-0.2, -0.15) is 0 Å². The van der Waals surface area contributed by atoms with Crippen molar-refractivity contribution in [1.82, 2.24) is 5.32 Å². The van der Waals surface area contributed by atoms with Crippen molar-refractivity contribution in [2.24, 2.45) is 0 Å². The molecule has 0 spiro atoms. The summed E-state index contributed by atoms with van der Waals surface area (Å²) in [5.74, 6) is -0.554. The number of phenols is 1. The predicted molar refractivity (Wildman–Crippen MR) is 87.7 cm³/mol. The first kappa shape index (κ1) is 13.8. The number of benzene rings is 2. The Morgan fingerprint density at radius 3 is 2.74 bits per heavy atom. The van der Waals surface area contributed by atoms with Crippen molar-refractivity contribution in [3.05, 3.63) is 64.8 Å². The summed E-state index contributed by atoms with van der Waals surface area (Å²) in [7, 11) is 0. The first-order valence-corrected chi connectivity index (χ1v) is 7.55. The first-order valence-electron chi connectivity index (χ1n) is 7.55. The number of imide groups is 1. The highest BCUT2D eigenvalue weighted by Crippen LogP contribution is 2.39. The highest BCUT2D eigenvalue weighted by molar-refractivity contribution is 6.24. The fourth-order valence-electron chi connectivity index (χ4n) is 3.39. The SMILES string of the molecule is CC1=CCC(c2c3c(cc4ccc(O)cc24)C(=O)NC3=O)C=C1. The summed E-state index contributed by atoms with van der Waals surface area (Å²) in [5.41, 5.74) is 2.86. The number of hydrogen-bond acceptors (Lipinski definition) is 3. The molecule has 1 aliphatic carbocycles. The second-order valence-corrected chi connectivity index (χ2v) is 6.05. The Hall–Kier alpha value is -2.88. The van der Waals surface area contributed by atoms with Gasteiger partial charge in [-0.1, -0.05) is 29.9 Å². The van der Waals surface area contributed by atoms with Crippen LogP contribution in [0.25, 0.3) is 10.8 Å². The van der Waals surface area contributed by atoms with E-state index in [-0.39, 0.29) is 23.5 Å². The Morgan fingerprint density at radius 2 is 2.00 bits per heavy atom. The summed E-state index contributed by atoms with van der Waals surface area (Å²) in [6, 6.07) is 6.76. The van der Waals surface area contributed by atoms with Crippen LogP contribution in [-0.2, 0) is 0 Å². The Kier molecular flexibility index (Phi) is 2.88. The number of nitrogens with one attached hydrogen (secondary N) is 1. The monoisotopic (exact) mass is 305 g/mol. The highest BCUT2D eigenvalue weighted by atomic mass is 16.3. The topological polar surface area (TPSA) is 66.4 Å². The van der Waals surface area contributed by atoms with Crippen LogP contribution in [0.15, 0.2) is 48.1 Å². The molecule has 1 unspecified atom stereocenters. The summed E-state index contributed by atoms with van der Waals surface area (Å²) in [5, 5.41) is 13.9. The van der Waals surface area contributed by atoms with Crippen LogP contribution in [0.3, 0.4) is 0 Å². The molecular formula is C19H15NO3. The quantitative estimate of drug-likeness (QED) is 0.793. The lowest BCUT2D eigenvalue weighted by atomic mass is 9.83. The van der Waals surface area contributed by atoms with Crippen LogP contribution in [-0.4, -0.2) is 16.9 Å². The number of phenolic OH excluding ortho intramolecular Hbond substituents is 1. The lowest BCUT2D eigenvalue weighted by Gasteiger charge is -2.20. The number of carbonyl (C=O) groups is 2. The lowest BCUT2D eigenvalue weighted by Crippen LogP contribution is -2.20. The smallest absolute Gasteiger partial charge is 0.259 e. The van der Waals surface area contributed by atoms with Gasteiger partial charge in [0.2, 0.25) is 0 Å². The Morgan fingerprint density at radius 1 is 1.17 bits per heavy atom. The molecule has 0 saturated carbocycles. The molecular weight excluding hydrogens is 290 g/mol. The Balaban J connectivity index is 2.05. The molecule has 0 aromatic heterocycles. The molecule has 1 atom stereocenters. The molecule has 0 fully saturated rings. The van der Waals surface area contributed by atoms with E-state index in [0.717, 1.165) is 22.8 Å². The van der Waals surface area contributed by atoms with Gasteiger partial charge in [0.15, 0.2) is 0 Å². The average molecular weight is 305 g/mol. The molecule has 4 rings (SSSR count). The van der Waals surface area contributed by atoms with Crippen LogP contribution in [0, 0.1) is 0 Å². The van der Waals surface area contributed by atoms with E-state index in [0.29, 0.717) is 11.1 Å². The number of fused-ring (bicyclic) bond motifs is 2. The van der Waals surface area contributed by atoms with E-state index in [1.54, 1.807) is 24.3 Å². The van der Waals surface area contributed by atoms with E-state index in [2.05, 4.69) is 17.5 Å². The fraction of sp³-hybridized carbons (Fsp3) is 0.158. The molecule has 1 aliphatic heterocycles. The molecule has 0 bridgehead atoms. The minimum Gasteiger partial charge on any atom is -0.508 e. The zero-order valence-corrected chi connectivity index (χ0v) is 12.6. The van der Waals surface area contributed by atoms with Gasteiger partial charge in [-0.15, -0.1) is 0 Å². The molecule has 2 aromatic carbocycles. The zero-order valence-electron chi connectivity index (χ0n) is 12.6. The molecule has 114 valence electrons. The van der Waals surface area contributed by atoms with Crippen molar-refractivity contribution in [2.45, 2.75) is 19.3 Å². The average Bonchev–Trinajstić information content (AvgIpc) is 2.81. The number of allylic oxidation sites excluding steroid dienone is 4. The van der Waals surface area contributed by atoms with Crippen molar-refractivity contribution in [2.75, 3.05) is 0 Å². The molecule has 2 aromatic rings. The second kappa shape index (κ2) is 4.81. The number of amides is 2. The largest absolute Gasteiger partial charge is 0.508 e. The minimum absolute atomic E-state index is 0.00889. The van der Waals surface area contributed by atoms with E-state index in [9.17, 15) is 14.7 Å². The van der Waals surface area contributed by atoms with Crippen molar-refractivity contribution in [1.29, 1.82) is 0 Å². The first-order chi connectivity index (χ1) is 11.0. The van der Waals surface area contributed by atoms with Crippen LogP contribution in [0.1, 0.15) is 45.5 Å². The zero-order chi connectivity index (χ0) is 16.1. The molecule has 2 aliphatic rings. The van der Waals surface area contributed by atoms with Crippen LogP contribution in [0.5, 0.6) is 5.75 Å². The van der Waals surface area contributed by atoms with Crippen LogP contribution < -0.4 is 5.32 Å². The molecule has 0 radical (unpaired) electrons. The van der Waals surface area contributed by atoms with Crippen LogP contribution in [0.4, 0.5) is 0 Å². The molecule has 1 heterocycles. The van der Waals surface area contributed by atoms with E-state index < -0.39 is 0 Å². The maximum atomic E-state index is 12.3. The van der Waals surface area contributed by atoms with E-state index in [1.807, 2.05) is 13.0 Å². The minimum atomic E-state index is -0.357. The maximum Gasteiger partial charge on any atom is 0.259 e. The Labute approximate surface area is 133 Å². The van der Waals surface area contributed by atoms with Gasteiger partial charge in [-0.05, 0) is 47.9 Å². The molecule has 2 amide bonds. The van der Waals surface area contributed by atoms with Crippen LogP contribution in [0.2, 0.25) is 0 Å². The molecule has 0 saturated heterocycles. The van der Waals surface area contributed by atoms with Crippen molar-refractivity contribution < 1.29 is 14.7 Å². The van der Waals surface area contributed by atoms with Gasteiger partial charge in [0.05, 0.1) is 11.1 Å². The van der Waals surface area contributed by atoms with Gasteiger partial charge < -0.3 is 5.11 Å². The van der Waals surface area contributed by atoms with E-state index in [1.165, 1.54) is 5.57 Å². The van der Waals surface area contributed by atoms with Crippen molar-refractivity contribution in [3.8, 4) is 5.75 Å². The third-order valence-electron chi connectivity index (χ3n) is 4.52. The standard InChI is InChI=1S/C19H15NO3/c1-10-2-4-11(5-3-10)16-14-9-13(21)7-6-12(14)8-15-17(16)19(23)20-18(15)22/h2-4,6-9,11,21H,5H2,1H3,(H,20,22,23). The van der Waals surface area contributed by atoms with Gasteiger partial charge in [-0.3, -0.25) is 14.9 Å². The van der Waals surface area contributed by atoms with E-state index >= 15 is 0 Å². The maximum absolute atomic E-state index is 12.3. The number of rotatable bonds is 1. The summed E-state index contributed by atoms with van der Waals surface area (Å²) >= 11 is 0. The lowest BCUT2D eigenvalue weighted by molar-refractivity contribution is 0.0879. The summed E-state index contributed by atoms with van der Waals surface area (Å²) < 4.78 is 0. The number of carbonyl (C=O) groups excluding carboxylic acids is 2. The summed E-state index contributed by atoms with van der Waals surface area (Å²) in [6.45, 7) is 2.03. The third-order valence-corrected chi connectivity index (χ3v) is 4.52.